The molecule has 0 saturated heterocycles. The molecule has 3 fully saturated rings. The van der Waals surface area contributed by atoms with Crippen LogP contribution < -0.4 is 10.6 Å². The number of alkyl halides is 4. The molecule has 3 atom stereocenters. The molecule has 3 aliphatic rings. The summed E-state index contributed by atoms with van der Waals surface area (Å²) < 4.78 is 63.5. The molecule has 0 aromatic carbocycles. The molecule has 0 aliphatic heterocycles. The fourth-order valence-electron chi connectivity index (χ4n) is 4.77. The van der Waals surface area contributed by atoms with Gasteiger partial charge in [0, 0.05) is 29.1 Å². The van der Waals surface area contributed by atoms with E-state index in [2.05, 4.69) is 35.7 Å². The Morgan fingerprint density at radius 2 is 2.03 bits per heavy atom. The highest BCUT2D eigenvalue weighted by Crippen LogP contribution is 2.41. The number of amides is 1. The molecular weight excluding hydrogens is 510 g/mol. The van der Waals surface area contributed by atoms with E-state index in [4.69, 9.17) is 4.74 Å². The van der Waals surface area contributed by atoms with E-state index in [1.807, 2.05) is 6.92 Å². The van der Waals surface area contributed by atoms with Crippen molar-refractivity contribution in [2.24, 2.45) is 0 Å². The smallest absolute Gasteiger partial charge is 0.443 e. The fourth-order valence-corrected chi connectivity index (χ4v) is 4.77. The number of carbonyl (C=O) groups excluding carboxylic acids is 1. The normalized spacial score (nSPS) is 24.5. The van der Waals surface area contributed by atoms with E-state index in [-0.39, 0.29) is 17.2 Å². The van der Waals surface area contributed by atoms with Crippen LogP contribution >= 0.6 is 0 Å². The Morgan fingerprint density at radius 3 is 2.74 bits per heavy atom. The van der Waals surface area contributed by atoms with Gasteiger partial charge in [0.2, 0.25) is 0 Å². The number of ether oxygens (including phenoxy) is 2. The second-order valence-corrected chi connectivity index (χ2v) is 10.6. The maximum absolute atomic E-state index is 15.2. The maximum Gasteiger partial charge on any atom is 0.522 e. The van der Waals surface area contributed by atoms with Gasteiger partial charge in [-0.15, -0.1) is 13.2 Å². The molecule has 38 heavy (non-hydrogen) atoms. The second kappa shape index (κ2) is 9.10. The zero-order chi connectivity index (χ0) is 26.7. The van der Waals surface area contributed by atoms with Crippen molar-refractivity contribution >= 4 is 23.2 Å². The number of nitrogens with one attached hydrogen (secondary N) is 3. The Hall–Kier alpha value is -3.42. The molecule has 14 heteroatoms. The number of aromatic amines is 1. The summed E-state index contributed by atoms with van der Waals surface area (Å²) in [5.74, 6) is 0.468. The predicted molar refractivity (Wildman–Crippen MR) is 126 cm³/mol. The number of halogens is 4. The Labute approximate surface area is 214 Å². The molecule has 3 aromatic heterocycles. The molecule has 0 bridgehead atoms. The van der Waals surface area contributed by atoms with Gasteiger partial charge >= 0.3 is 12.5 Å². The van der Waals surface area contributed by atoms with Crippen LogP contribution in [0.25, 0.3) is 5.52 Å². The Balaban J connectivity index is 1.16. The van der Waals surface area contributed by atoms with Crippen LogP contribution in [0.5, 0.6) is 0 Å². The molecule has 1 amide bonds. The molecule has 0 unspecified atom stereocenters. The zero-order valence-electron chi connectivity index (χ0n) is 20.5. The van der Waals surface area contributed by atoms with E-state index in [0.29, 0.717) is 35.7 Å². The highest BCUT2D eigenvalue weighted by Gasteiger charge is 2.43. The SMILES string of the molecule is CC1(NC(=O)O[C@@H]2CC[C@H](c3cc(Nc4nc(C5CC5)cn5nc(COC(F)(F)F)cc45)n[nH]3)[C@@H]2F)CC1. The highest BCUT2D eigenvalue weighted by molar-refractivity contribution is 5.73. The average Bonchev–Trinajstić information content (AvgIpc) is 3.68. The van der Waals surface area contributed by atoms with Gasteiger partial charge in [0.05, 0.1) is 17.6 Å². The number of fused-ring (bicyclic) bond motifs is 1. The molecule has 3 heterocycles. The van der Waals surface area contributed by atoms with Gasteiger partial charge in [0.25, 0.3) is 0 Å². The fraction of sp³-hybridized carbons (Fsp3) is 0.583. The Bertz CT molecular complexity index is 1350. The van der Waals surface area contributed by atoms with Crippen LogP contribution in [0.1, 0.15) is 74.4 Å². The van der Waals surface area contributed by atoms with Gasteiger partial charge < -0.3 is 15.4 Å². The van der Waals surface area contributed by atoms with Crippen LogP contribution in [0.2, 0.25) is 0 Å². The monoisotopic (exact) mass is 537 g/mol. The van der Waals surface area contributed by atoms with Crippen molar-refractivity contribution in [3.63, 3.8) is 0 Å². The molecule has 3 saturated carbocycles. The highest BCUT2D eigenvalue weighted by atomic mass is 19.4. The lowest BCUT2D eigenvalue weighted by atomic mass is 10.0. The van der Waals surface area contributed by atoms with Crippen molar-refractivity contribution < 1.29 is 31.8 Å². The van der Waals surface area contributed by atoms with E-state index in [9.17, 15) is 18.0 Å². The van der Waals surface area contributed by atoms with Gasteiger partial charge in [-0.25, -0.2) is 18.7 Å². The molecule has 3 aromatic rings. The number of alkyl carbamates (subject to hydrolysis) is 1. The van der Waals surface area contributed by atoms with Crippen molar-refractivity contribution in [2.45, 2.75) is 88.1 Å². The number of anilines is 2. The maximum atomic E-state index is 15.2. The van der Waals surface area contributed by atoms with Crippen molar-refractivity contribution in [3.05, 3.63) is 35.4 Å². The molecular formula is C24H27F4N7O3. The third-order valence-corrected chi connectivity index (χ3v) is 7.31. The van der Waals surface area contributed by atoms with Crippen LogP contribution in [0.15, 0.2) is 18.3 Å². The number of H-pyrrole nitrogens is 1. The number of rotatable bonds is 8. The minimum atomic E-state index is -4.77. The number of hydrogen-bond donors (Lipinski definition) is 3. The standard InChI is InChI=1S/C24H27F4N7O3/c1-23(6-7-23)31-22(36)38-18-5-4-14(20(18)25)15-9-19(33-32-15)30-21-17-8-13(11-37-24(26,27)28)34-35(17)10-16(29-21)12-2-3-12/h8-10,12,14,18,20H,2-7,11H2,1H3,(H,31,36)(H2,29,30,32,33)/t14-,18-,20+/m1/s1. The van der Waals surface area contributed by atoms with E-state index < -0.39 is 37.3 Å². The van der Waals surface area contributed by atoms with E-state index in [0.717, 1.165) is 31.4 Å². The predicted octanol–water partition coefficient (Wildman–Crippen LogP) is 4.97. The summed E-state index contributed by atoms with van der Waals surface area (Å²) in [6, 6.07) is 3.13. The lowest BCUT2D eigenvalue weighted by Crippen LogP contribution is -2.38. The van der Waals surface area contributed by atoms with Crippen LogP contribution in [-0.4, -0.2) is 55.1 Å². The summed E-state index contributed by atoms with van der Waals surface area (Å²) in [7, 11) is 0. The van der Waals surface area contributed by atoms with Crippen molar-refractivity contribution in [1.82, 2.24) is 30.1 Å². The van der Waals surface area contributed by atoms with Crippen molar-refractivity contribution in [2.75, 3.05) is 5.32 Å². The van der Waals surface area contributed by atoms with Crippen molar-refractivity contribution in [3.8, 4) is 0 Å². The topological polar surface area (TPSA) is 118 Å². The van der Waals surface area contributed by atoms with Gasteiger partial charge in [-0.3, -0.25) is 9.84 Å². The number of carbonyl (C=O) groups is 1. The van der Waals surface area contributed by atoms with E-state index in [1.165, 1.54) is 10.6 Å². The van der Waals surface area contributed by atoms with Gasteiger partial charge in [-0.1, -0.05) is 0 Å². The molecule has 204 valence electrons. The van der Waals surface area contributed by atoms with Crippen LogP contribution in [0.3, 0.4) is 0 Å². The van der Waals surface area contributed by atoms with E-state index >= 15 is 4.39 Å². The van der Waals surface area contributed by atoms with Gasteiger partial charge in [-0.2, -0.15) is 10.2 Å². The van der Waals surface area contributed by atoms with Crippen molar-refractivity contribution in [1.29, 1.82) is 0 Å². The minimum absolute atomic E-state index is 0.0971. The average molecular weight is 538 g/mol. The van der Waals surface area contributed by atoms with Gasteiger partial charge in [0.15, 0.2) is 11.6 Å². The lowest BCUT2D eigenvalue weighted by molar-refractivity contribution is -0.330. The Kier molecular flexibility index (Phi) is 5.96. The van der Waals surface area contributed by atoms with Crippen LogP contribution in [-0.2, 0) is 16.1 Å². The third kappa shape index (κ3) is 5.40. The van der Waals surface area contributed by atoms with E-state index in [1.54, 1.807) is 12.3 Å². The molecule has 3 N–H and O–H groups in total. The lowest BCUT2D eigenvalue weighted by Gasteiger charge is -2.19. The van der Waals surface area contributed by atoms with Gasteiger partial charge in [-0.05, 0) is 51.5 Å². The first kappa shape index (κ1) is 24.9. The molecule has 0 spiro atoms. The largest absolute Gasteiger partial charge is 0.522 e. The first-order valence-corrected chi connectivity index (χ1v) is 12.6. The molecule has 0 radical (unpaired) electrons. The summed E-state index contributed by atoms with van der Waals surface area (Å²) in [4.78, 5) is 16.8. The van der Waals surface area contributed by atoms with Crippen LogP contribution in [0, 0.1) is 0 Å². The van der Waals surface area contributed by atoms with Gasteiger partial charge in [0.1, 0.15) is 24.4 Å². The number of hydrogen-bond acceptors (Lipinski definition) is 7. The Morgan fingerprint density at radius 1 is 1.24 bits per heavy atom. The molecule has 3 aliphatic carbocycles. The number of aromatic nitrogens is 5. The first-order valence-electron chi connectivity index (χ1n) is 12.6. The first-order chi connectivity index (χ1) is 18.1. The summed E-state index contributed by atoms with van der Waals surface area (Å²) in [5.41, 5.74) is 1.61. The molecule has 10 nitrogen and oxygen atoms in total. The summed E-state index contributed by atoms with van der Waals surface area (Å²) in [5, 5.41) is 17.2. The summed E-state index contributed by atoms with van der Waals surface area (Å²) in [6.07, 6.45) is -1.34. The van der Waals surface area contributed by atoms with Crippen LogP contribution in [0.4, 0.5) is 34.0 Å². The third-order valence-electron chi connectivity index (χ3n) is 7.31. The zero-order valence-corrected chi connectivity index (χ0v) is 20.5. The quantitative estimate of drug-likeness (QED) is 0.347. The summed E-state index contributed by atoms with van der Waals surface area (Å²) >= 11 is 0. The number of nitrogens with zero attached hydrogens (tertiary/aromatic N) is 4. The summed E-state index contributed by atoms with van der Waals surface area (Å²) in [6.45, 7) is 1.19. The second-order valence-electron chi connectivity index (χ2n) is 10.6. The molecule has 6 rings (SSSR count). The minimum Gasteiger partial charge on any atom is -0.443 e.